The molecule has 0 unspecified atom stereocenters. The van der Waals surface area contributed by atoms with Crippen LogP contribution in [0.25, 0.3) is 0 Å². The Kier molecular flexibility index (Phi) is 5.99. The van der Waals surface area contributed by atoms with E-state index in [4.69, 9.17) is 4.74 Å². The van der Waals surface area contributed by atoms with Gasteiger partial charge in [0.15, 0.2) is 5.78 Å². The third kappa shape index (κ3) is 4.42. The van der Waals surface area contributed by atoms with Gasteiger partial charge in [-0.05, 0) is 32.4 Å². The van der Waals surface area contributed by atoms with Gasteiger partial charge in [-0.25, -0.2) is 0 Å². The maximum atomic E-state index is 12.2. The third-order valence-corrected chi connectivity index (χ3v) is 4.91. The lowest BCUT2D eigenvalue weighted by atomic mass is 10.1. The van der Waals surface area contributed by atoms with Crippen molar-refractivity contribution < 1.29 is 14.3 Å². The molecule has 1 amide bonds. The highest BCUT2D eigenvalue weighted by Crippen LogP contribution is 2.19. The molecule has 0 aromatic heterocycles. The summed E-state index contributed by atoms with van der Waals surface area (Å²) >= 11 is 0. The summed E-state index contributed by atoms with van der Waals surface area (Å²) in [5.74, 6) is 0.123. The van der Waals surface area contributed by atoms with E-state index in [1.807, 2.05) is 30.3 Å². The van der Waals surface area contributed by atoms with E-state index in [0.717, 1.165) is 18.7 Å². The third-order valence-electron chi connectivity index (χ3n) is 4.91. The number of benzene rings is 1. The molecule has 2 saturated heterocycles. The van der Waals surface area contributed by atoms with Gasteiger partial charge in [0.1, 0.15) is 0 Å². The van der Waals surface area contributed by atoms with Crippen molar-refractivity contribution in [3.63, 3.8) is 0 Å². The summed E-state index contributed by atoms with van der Waals surface area (Å²) in [6, 6.07) is 9.64. The van der Waals surface area contributed by atoms with Crippen molar-refractivity contribution in [3.8, 4) is 0 Å². The van der Waals surface area contributed by atoms with Crippen LogP contribution in [-0.4, -0.2) is 55.0 Å². The molecule has 0 spiro atoms. The van der Waals surface area contributed by atoms with Crippen molar-refractivity contribution in [2.24, 2.45) is 0 Å². The zero-order valence-corrected chi connectivity index (χ0v) is 14.1. The van der Waals surface area contributed by atoms with Gasteiger partial charge in [-0.1, -0.05) is 30.3 Å². The number of carbonyl (C=O) groups is 2. The Morgan fingerprint density at radius 3 is 2.58 bits per heavy atom. The largest absolute Gasteiger partial charge is 0.378 e. The molecular weight excluding hydrogens is 304 g/mol. The molecule has 5 nitrogen and oxygen atoms in total. The number of ketones is 1. The predicted molar refractivity (Wildman–Crippen MR) is 92.0 cm³/mol. The molecule has 3 rings (SSSR count). The van der Waals surface area contributed by atoms with E-state index in [-0.39, 0.29) is 17.7 Å². The molecule has 2 heterocycles. The molecule has 130 valence electrons. The highest BCUT2D eigenvalue weighted by Gasteiger charge is 2.35. The first-order valence-corrected chi connectivity index (χ1v) is 8.93. The van der Waals surface area contributed by atoms with Crippen molar-refractivity contribution in [3.05, 3.63) is 35.9 Å². The Morgan fingerprint density at radius 2 is 1.83 bits per heavy atom. The lowest BCUT2D eigenvalue weighted by Crippen LogP contribution is -2.50. The minimum absolute atomic E-state index is 0.0237. The smallest absolute Gasteiger partial charge is 0.220 e. The van der Waals surface area contributed by atoms with Crippen LogP contribution in [0.5, 0.6) is 0 Å². The molecule has 0 radical (unpaired) electrons. The van der Waals surface area contributed by atoms with Gasteiger partial charge in [-0.2, -0.15) is 0 Å². The Balaban J connectivity index is 1.40. The van der Waals surface area contributed by atoms with Gasteiger partial charge in [-0.3, -0.25) is 14.5 Å². The van der Waals surface area contributed by atoms with E-state index in [1.165, 1.54) is 12.8 Å². The molecular formula is C19H26N2O3. The summed E-state index contributed by atoms with van der Waals surface area (Å²) in [5, 5.41) is 3.10. The number of nitrogens with one attached hydrogen (secondary N) is 1. The Morgan fingerprint density at radius 1 is 1.08 bits per heavy atom. The Labute approximate surface area is 143 Å². The number of amides is 1. The zero-order valence-electron chi connectivity index (χ0n) is 14.1. The molecule has 5 heteroatoms. The maximum absolute atomic E-state index is 12.2. The fourth-order valence-electron chi connectivity index (χ4n) is 3.57. The van der Waals surface area contributed by atoms with Crippen LogP contribution in [-0.2, 0) is 9.53 Å². The monoisotopic (exact) mass is 330 g/mol. The second-order valence-corrected chi connectivity index (χ2v) is 6.66. The van der Waals surface area contributed by atoms with Crippen LogP contribution in [0.2, 0.25) is 0 Å². The number of likely N-dealkylation sites (tertiary alicyclic amines) is 1. The van der Waals surface area contributed by atoms with E-state index < -0.39 is 0 Å². The quantitative estimate of drug-likeness (QED) is 0.777. The second kappa shape index (κ2) is 8.40. The van der Waals surface area contributed by atoms with Crippen molar-refractivity contribution in [2.75, 3.05) is 26.3 Å². The first-order valence-electron chi connectivity index (χ1n) is 8.93. The summed E-state index contributed by atoms with van der Waals surface area (Å²) in [5.41, 5.74) is 0.719. The average Bonchev–Trinajstić information content (AvgIpc) is 3.26. The Bertz CT molecular complexity index is 555. The molecule has 0 saturated carbocycles. The number of carbonyl (C=O) groups excluding carboxylic acids is 2. The van der Waals surface area contributed by atoms with Gasteiger partial charge in [0, 0.05) is 18.4 Å². The van der Waals surface area contributed by atoms with Crippen LogP contribution in [0.15, 0.2) is 30.3 Å². The zero-order chi connectivity index (χ0) is 16.8. The molecule has 1 aromatic carbocycles. The number of nitrogens with zero attached hydrogens (tertiary/aromatic N) is 1. The predicted octanol–water partition coefficient (Wildman–Crippen LogP) is 2.02. The fourth-order valence-corrected chi connectivity index (χ4v) is 3.57. The van der Waals surface area contributed by atoms with Crippen LogP contribution in [0.1, 0.15) is 42.5 Å². The first kappa shape index (κ1) is 17.1. The minimum atomic E-state index is 0.0237. The van der Waals surface area contributed by atoms with Gasteiger partial charge >= 0.3 is 0 Å². The highest BCUT2D eigenvalue weighted by molar-refractivity contribution is 5.96. The summed E-state index contributed by atoms with van der Waals surface area (Å²) in [6.07, 6.45) is 3.86. The summed E-state index contributed by atoms with van der Waals surface area (Å²) in [6.45, 7) is 3.51. The van der Waals surface area contributed by atoms with Gasteiger partial charge in [-0.15, -0.1) is 0 Å². The number of rotatable bonds is 7. The number of Topliss-reactive ketones (excluding diaryl/α,β-unsaturated/α-hetero) is 1. The topological polar surface area (TPSA) is 58.6 Å². The summed E-state index contributed by atoms with van der Waals surface area (Å²) in [7, 11) is 0. The van der Waals surface area contributed by atoms with Crippen molar-refractivity contribution in [1.29, 1.82) is 0 Å². The fraction of sp³-hybridized carbons (Fsp3) is 0.579. The van der Waals surface area contributed by atoms with Gasteiger partial charge < -0.3 is 10.1 Å². The van der Waals surface area contributed by atoms with Crippen molar-refractivity contribution >= 4 is 11.7 Å². The average molecular weight is 330 g/mol. The molecule has 24 heavy (non-hydrogen) atoms. The maximum Gasteiger partial charge on any atom is 0.220 e. The van der Waals surface area contributed by atoms with Gasteiger partial charge in [0.25, 0.3) is 0 Å². The minimum Gasteiger partial charge on any atom is -0.378 e. The molecule has 0 bridgehead atoms. The van der Waals surface area contributed by atoms with Crippen LogP contribution in [0.4, 0.5) is 0 Å². The lowest BCUT2D eigenvalue weighted by Gasteiger charge is -2.27. The van der Waals surface area contributed by atoms with Crippen LogP contribution in [0, 0.1) is 0 Å². The van der Waals surface area contributed by atoms with E-state index in [2.05, 4.69) is 10.2 Å². The molecule has 1 N–H and O–H groups in total. The number of hydrogen-bond acceptors (Lipinski definition) is 4. The van der Waals surface area contributed by atoms with Crippen molar-refractivity contribution in [2.45, 2.75) is 44.2 Å². The molecule has 2 atom stereocenters. The van der Waals surface area contributed by atoms with E-state index in [9.17, 15) is 9.59 Å². The van der Waals surface area contributed by atoms with Crippen LogP contribution < -0.4 is 5.32 Å². The number of ether oxygens (including phenoxy) is 1. The van der Waals surface area contributed by atoms with Crippen LogP contribution in [0.3, 0.4) is 0 Å². The SMILES string of the molecule is O=C(CCCC(=O)c1ccccc1)N[C@H]1COC[C@@H]1N1CCCC1. The summed E-state index contributed by atoms with van der Waals surface area (Å²) < 4.78 is 5.57. The molecule has 2 fully saturated rings. The molecule has 1 aromatic rings. The molecule has 0 aliphatic carbocycles. The normalized spacial score (nSPS) is 24.2. The molecule has 2 aliphatic rings. The second-order valence-electron chi connectivity index (χ2n) is 6.66. The summed E-state index contributed by atoms with van der Waals surface area (Å²) in [4.78, 5) is 26.6. The van der Waals surface area contributed by atoms with Crippen LogP contribution >= 0.6 is 0 Å². The van der Waals surface area contributed by atoms with E-state index in [0.29, 0.717) is 38.5 Å². The van der Waals surface area contributed by atoms with Crippen molar-refractivity contribution in [1.82, 2.24) is 10.2 Å². The number of hydrogen-bond donors (Lipinski definition) is 1. The Hall–Kier alpha value is -1.72. The molecule has 2 aliphatic heterocycles. The van der Waals surface area contributed by atoms with Gasteiger partial charge in [0.05, 0.1) is 25.3 Å². The standard InChI is InChI=1S/C19H26N2O3/c22-18(15-7-2-1-3-8-15)9-6-10-19(23)20-16-13-24-14-17(16)21-11-4-5-12-21/h1-3,7-8,16-17H,4-6,9-14H2,(H,20,23)/t16-,17-/m0/s1. The first-order chi connectivity index (χ1) is 11.7. The highest BCUT2D eigenvalue weighted by atomic mass is 16.5. The van der Waals surface area contributed by atoms with E-state index >= 15 is 0 Å². The van der Waals surface area contributed by atoms with E-state index in [1.54, 1.807) is 0 Å². The van der Waals surface area contributed by atoms with Gasteiger partial charge in [0.2, 0.25) is 5.91 Å². The lowest BCUT2D eigenvalue weighted by molar-refractivity contribution is -0.122.